The Morgan fingerprint density at radius 1 is 0.730 bits per heavy atom. The van der Waals surface area contributed by atoms with Gasteiger partial charge in [-0.2, -0.15) is 0 Å². The maximum Gasteiger partial charge on any atom is 0.187 e. The molecule has 37 heavy (non-hydrogen) atoms. The smallest absolute Gasteiger partial charge is 0.187 e. The van der Waals surface area contributed by atoms with Crippen molar-refractivity contribution in [2.24, 2.45) is 0 Å². The summed E-state index contributed by atoms with van der Waals surface area (Å²) >= 11 is 0. The molecule has 3 heterocycles. The van der Waals surface area contributed by atoms with Crippen molar-refractivity contribution in [2.75, 3.05) is 9.80 Å². The number of allylic oxidation sites excluding steroid dienone is 4. The molecule has 1 atom stereocenters. The molecule has 4 nitrogen and oxygen atoms in total. The summed E-state index contributed by atoms with van der Waals surface area (Å²) in [6, 6.07) is 32.9. The highest BCUT2D eigenvalue weighted by atomic mass is 15.5. The molecule has 7 rings (SSSR count). The van der Waals surface area contributed by atoms with Crippen molar-refractivity contribution in [1.29, 1.82) is 0 Å². The number of anilines is 3. The van der Waals surface area contributed by atoms with Crippen LogP contribution in [0.4, 0.5) is 17.1 Å². The highest BCUT2D eigenvalue weighted by Gasteiger charge is 2.42. The van der Waals surface area contributed by atoms with Crippen LogP contribution >= 0.6 is 0 Å². The number of aryl methyl sites for hydroxylation is 1. The Morgan fingerprint density at radius 3 is 2.16 bits per heavy atom. The molecule has 4 heteroatoms. The van der Waals surface area contributed by atoms with E-state index in [1.165, 1.54) is 50.1 Å². The van der Waals surface area contributed by atoms with Crippen LogP contribution in [-0.2, 0) is 0 Å². The summed E-state index contributed by atoms with van der Waals surface area (Å²) in [5.41, 5.74) is 10.8. The van der Waals surface area contributed by atoms with Gasteiger partial charge in [0.2, 0.25) is 0 Å². The lowest BCUT2D eigenvalue weighted by Gasteiger charge is -2.28. The summed E-state index contributed by atoms with van der Waals surface area (Å²) in [6.45, 7) is 8.18. The number of aromatic nitrogens is 1. The van der Waals surface area contributed by atoms with Crippen LogP contribution < -0.4 is 15.1 Å². The summed E-state index contributed by atoms with van der Waals surface area (Å²) < 4.78 is 2.37. The fraction of sp³-hybridized carbons (Fsp3) is 0.0909. The van der Waals surface area contributed by atoms with Crippen molar-refractivity contribution in [3.8, 4) is 5.69 Å². The van der Waals surface area contributed by atoms with Gasteiger partial charge >= 0.3 is 0 Å². The Kier molecular flexibility index (Phi) is 4.76. The highest BCUT2D eigenvalue weighted by Crippen LogP contribution is 2.48. The quantitative estimate of drug-likeness (QED) is 0.264. The molecule has 1 aromatic heterocycles. The van der Waals surface area contributed by atoms with E-state index in [1.54, 1.807) is 0 Å². The summed E-state index contributed by atoms with van der Waals surface area (Å²) in [6.07, 6.45) is 5.87. The summed E-state index contributed by atoms with van der Waals surface area (Å²) in [5, 5.41) is 6.28. The third-order valence-electron chi connectivity index (χ3n) is 7.52. The maximum absolute atomic E-state index is 3.84. The lowest BCUT2D eigenvalue weighted by molar-refractivity contribution is 0.645. The number of hydrogen-bond donors (Lipinski definition) is 1. The molecule has 0 spiro atoms. The number of fused-ring (bicyclic) bond motifs is 6. The van der Waals surface area contributed by atoms with Crippen LogP contribution in [-0.4, -0.2) is 10.9 Å². The Morgan fingerprint density at radius 2 is 1.41 bits per heavy atom. The molecule has 1 N–H and O–H groups in total. The minimum Gasteiger partial charge on any atom is -0.346 e. The van der Waals surface area contributed by atoms with Gasteiger partial charge in [0.1, 0.15) is 0 Å². The van der Waals surface area contributed by atoms with E-state index in [0.717, 1.165) is 11.4 Å². The lowest BCUT2D eigenvalue weighted by Crippen LogP contribution is -2.44. The van der Waals surface area contributed by atoms with Crippen LogP contribution in [0.5, 0.6) is 0 Å². The summed E-state index contributed by atoms with van der Waals surface area (Å²) in [5.74, 6) is 0. The van der Waals surface area contributed by atoms with Crippen molar-refractivity contribution < 1.29 is 0 Å². The zero-order valence-corrected chi connectivity index (χ0v) is 21.0. The molecule has 180 valence electrons. The summed E-state index contributed by atoms with van der Waals surface area (Å²) in [4.78, 5) is 4.80. The molecule has 0 bridgehead atoms. The molecule has 0 amide bonds. The lowest BCUT2D eigenvalue weighted by atomic mass is 10.1. The van der Waals surface area contributed by atoms with Gasteiger partial charge in [-0.25, -0.2) is 0 Å². The van der Waals surface area contributed by atoms with E-state index in [9.17, 15) is 0 Å². The van der Waals surface area contributed by atoms with Gasteiger partial charge in [0.05, 0.1) is 28.1 Å². The zero-order valence-electron chi connectivity index (χ0n) is 21.0. The molecule has 0 radical (unpaired) electrons. The fourth-order valence-corrected chi connectivity index (χ4v) is 5.86. The molecule has 2 aliphatic heterocycles. The molecule has 1 unspecified atom stereocenters. The van der Waals surface area contributed by atoms with Crippen LogP contribution in [0.2, 0.25) is 0 Å². The summed E-state index contributed by atoms with van der Waals surface area (Å²) in [7, 11) is 0. The van der Waals surface area contributed by atoms with Gasteiger partial charge in [-0.3, -0.25) is 0 Å². The van der Waals surface area contributed by atoms with Crippen molar-refractivity contribution in [2.45, 2.75) is 20.1 Å². The monoisotopic (exact) mass is 480 g/mol. The number of benzene rings is 4. The van der Waals surface area contributed by atoms with Crippen LogP contribution in [0.25, 0.3) is 27.5 Å². The fourth-order valence-electron chi connectivity index (χ4n) is 5.86. The van der Waals surface area contributed by atoms with Gasteiger partial charge in [-0.1, -0.05) is 60.7 Å². The van der Waals surface area contributed by atoms with E-state index >= 15 is 0 Å². The Bertz CT molecular complexity index is 1760. The first kappa shape index (κ1) is 21.6. The number of nitrogens with one attached hydrogen (secondary N) is 1. The Labute approximate surface area is 217 Å². The van der Waals surface area contributed by atoms with Crippen molar-refractivity contribution in [3.05, 3.63) is 133 Å². The molecule has 0 aliphatic carbocycles. The minimum atomic E-state index is -0.0245. The van der Waals surface area contributed by atoms with E-state index in [-0.39, 0.29) is 6.29 Å². The average Bonchev–Trinajstić information content (AvgIpc) is 3.54. The van der Waals surface area contributed by atoms with E-state index in [1.807, 2.05) is 12.2 Å². The van der Waals surface area contributed by atoms with E-state index in [0.29, 0.717) is 0 Å². The molecule has 5 aromatic rings. The molecule has 2 aliphatic rings. The van der Waals surface area contributed by atoms with Crippen LogP contribution in [0.3, 0.4) is 0 Å². The molecule has 0 fully saturated rings. The second-order valence-electron chi connectivity index (χ2n) is 9.73. The predicted octanol–water partition coefficient (Wildman–Crippen LogP) is 7.91. The largest absolute Gasteiger partial charge is 0.346 e. The van der Waals surface area contributed by atoms with Crippen molar-refractivity contribution in [1.82, 2.24) is 9.88 Å². The van der Waals surface area contributed by atoms with Crippen molar-refractivity contribution >= 4 is 38.9 Å². The second-order valence-corrected chi connectivity index (χ2v) is 9.73. The zero-order chi connectivity index (χ0) is 25.1. The third kappa shape index (κ3) is 3.15. The first-order valence-corrected chi connectivity index (χ1v) is 12.7. The van der Waals surface area contributed by atoms with Crippen molar-refractivity contribution in [3.63, 3.8) is 0 Å². The highest BCUT2D eigenvalue weighted by molar-refractivity contribution is 6.11. The van der Waals surface area contributed by atoms with Gasteiger partial charge in [0, 0.05) is 27.8 Å². The van der Waals surface area contributed by atoms with Crippen LogP contribution in [0.1, 0.15) is 12.5 Å². The average molecular weight is 481 g/mol. The standard InChI is InChI=1S/C33H28N4/c1-4-5-13-28-23(3)35-31-14-9-10-15-32(31)37(33(35)34-28)25-17-19-30-27(21-25)26-20-22(2)16-18-29(26)36(30)24-11-7-6-8-12-24/h4-21,33-34H,1H2,2-3H3/b13-5-. The first-order chi connectivity index (χ1) is 18.2. The van der Waals surface area contributed by atoms with Crippen LogP contribution in [0.15, 0.2) is 127 Å². The van der Waals surface area contributed by atoms with Gasteiger partial charge in [-0.15, -0.1) is 0 Å². The van der Waals surface area contributed by atoms with E-state index in [2.05, 4.69) is 137 Å². The Hall–Kier alpha value is -4.70. The number of hydrogen-bond acceptors (Lipinski definition) is 3. The van der Waals surface area contributed by atoms with Gasteiger partial charge in [-0.05, 0) is 74.5 Å². The topological polar surface area (TPSA) is 23.4 Å². The SMILES string of the molecule is C=C/C=C\C1=C(C)N2c3ccccc3N(c3ccc4c(c3)c3cc(C)ccc3n4-c3ccccc3)C2N1. The predicted molar refractivity (Wildman–Crippen MR) is 156 cm³/mol. The van der Waals surface area contributed by atoms with E-state index in [4.69, 9.17) is 0 Å². The second kappa shape index (κ2) is 8.17. The van der Waals surface area contributed by atoms with Gasteiger partial charge < -0.3 is 19.7 Å². The minimum absolute atomic E-state index is 0.0245. The molecule has 0 saturated heterocycles. The molecular weight excluding hydrogens is 452 g/mol. The van der Waals surface area contributed by atoms with Gasteiger partial charge in [0.15, 0.2) is 6.29 Å². The first-order valence-electron chi connectivity index (χ1n) is 12.7. The Balaban J connectivity index is 1.43. The number of para-hydroxylation sites is 3. The number of nitrogens with zero attached hydrogens (tertiary/aromatic N) is 3. The molecular formula is C33H28N4. The maximum atomic E-state index is 3.84. The van der Waals surface area contributed by atoms with Crippen LogP contribution in [0, 0.1) is 6.92 Å². The van der Waals surface area contributed by atoms with E-state index < -0.39 is 0 Å². The molecule has 0 saturated carbocycles. The van der Waals surface area contributed by atoms with Gasteiger partial charge in [0.25, 0.3) is 0 Å². The number of rotatable bonds is 4. The third-order valence-corrected chi connectivity index (χ3v) is 7.52. The normalized spacial score (nSPS) is 16.6. The molecule has 4 aromatic carbocycles.